The molecule has 1 aliphatic carbocycles. The smallest absolute Gasteiger partial charge is 0.230 e. The Morgan fingerprint density at radius 1 is 0.933 bits per heavy atom. The summed E-state index contributed by atoms with van der Waals surface area (Å²) in [6.45, 7) is 1.84. The zero-order chi connectivity index (χ0) is 10.4. The van der Waals surface area contributed by atoms with Crippen molar-refractivity contribution in [3.8, 4) is 0 Å². The molecule has 4 nitrogen and oxygen atoms in total. The molecule has 2 amide bonds. The Hall–Kier alpha value is -0.900. The Morgan fingerprint density at radius 3 is 2.00 bits per heavy atom. The predicted octanol–water partition coefficient (Wildman–Crippen LogP) is 0.372. The van der Waals surface area contributed by atoms with Crippen molar-refractivity contribution in [3.63, 3.8) is 0 Å². The lowest BCUT2D eigenvalue weighted by Gasteiger charge is -2.49. The minimum atomic E-state index is 0.0401. The minimum absolute atomic E-state index is 0.0401. The number of hydrogen-bond acceptors (Lipinski definition) is 3. The Morgan fingerprint density at radius 2 is 1.53 bits per heavy atom. The van der Waals surface area contributed by atoms with E-state index in [1.807, 2.05) is 0 Å². The van der Waals surface area contributed by atoms with E-state index in [-0.39, 0.29) is 17.9 Å². The van der Waals surface area contributed by atoms with Crippen molar-refractivity contribution in [3.05, 3.63) is 0 Å². The second kappa shape index (κ2) is 3.30. The molecule has 0 atom stereocenters. The Kier molecular flexibility index (Phi) is 2.06. The lowest BCUT2D eigenvalue weighted by Crippen LogP contribution is -2.64. The molecule has 0 unspecified atom stereocenters. The maximum atomic E-state index is 11.5. The number of carbonyl (C=O) groups is 2. The lowest BCUT2D eigenvalue weighted by atomic mass is 9.88. The van der Waals surface area contributed by atoms with E-state index in [2.05, 4.69) is 4.90 Å². The van der Waals surface area contributed by atoms with Gasteiger partial charge in [0.15, 0.2) is 0 Å². The SMILES string of the molecule is O=C1CCC(=O)N1C1CN(C2CCC2)C1. The third-order valence-corrected chi connectivity index (χ3v) is 3.94. The van der Waals surface area contributed by atoms with Gasteiger partial charge in [0.05, 0.1) is 6.04 Å². The first kappa shape index (κ1) is 9.33. The van der Waals surface area contributed by atoms with E-state index in [4.69, 9.17) is 0 Å². The van der Waals surface area contributed by atoms with Crippen molar-refractivity contribution in [1.82, 2.24) is 9.80 Å². The highest BCUT2D eigenvalue weighted by Gasteiger charge is 2.43. The Bertz CT molecular complexity index is 290. The van der Waals surface area contributed by atoms with Crippen molar-refractivity contribution < 1.29 is 9.59 Å². The normalized spacial score (nSPS) is 29.5. The van der Waals surface area contributed by atoms with Crippen molar-refractivity contribution in [2.75, 3.05) is 13.1 Å². The molecule has 3 rings (SSSR count). The quantitative estimate of drug-likeness (QED) is 0.616. The van der Waals surface area contributed by atoms with Gasteiger partial charge in [-0.3, -0.25) is 19.4 Å². The average Bonchev–Trinajstić information content (AvgIpc) is 2.36. The van der Waals surface area contributed by atoms with Crippen LogP contribution >= 0.6 is 0 Å². The molecule has 3 aliphatic rings. The van der Waals surface area contributed by atoms with E-state index in [0.29, 0.717) is 12.8 Å². The summed E-state index contributed by atoms with van der Waals surface area (Å²) in [5.74, 6) is 0.0801. The molecule has 0 radical (unpaired) electrons. The molecular weight excluding hydrogens is 192 g/mol. The molecule has 0 aromatic rings. The molecule has 82 valence electrons. The van der Waals surface area contributed by atoms with Gasteiger partial charge in [0.25, 0.3) is 0 Å². The molecule has 1 saturated carbocycles. The van der Waals surface area contributed by atoms with Crippen LogP contribution in [0.15, 0.2) is 0 Å². The number of amides is 2. The van der Waals surface area contributed by atoms with Gasteiger partial charge in [-0.25, -0.2) is 0 Å². The lowest BCUT2D eigenvalue weighted by molar-refractivity contribution is -0.146. The Balaban J connectivity index is 1.57. The number of imide groups is 1. The standard InChI is InChI=1S/C11H16N2O2/c14-10-4-5-11(15)13(10)9-6-12(7-9)8-2-1-3-8/h8-9H,1-7H2. The summed E-state index contributed by atoms with van der Waals surface area (Å²) in [4.78, 5) is 26.8. The van der Waals surface area contributed by atoms with Gasteiger partial charge in [-0.05, 0) is 12.8 Å². The highest BCUT2D eigenvalue weighted by atomic mass is 16.2. The van der Waals surface area contributed by atoms with E-state index >= 15 is 0 Å². The zero-order valence-electron chi connectivity index (χ0n) is 8.82. The summed E-state index contributed by atoms with van der Waals surface area (Å²) in [6.07, 6.45) is 4.80. The van der Waals surface area contributed by atoms with Crippen molar-refractivity contribution >= 4 is 11.8 Å². The van der Waals surface area contributed by atoms with Gasteiger partial charge < -0.3 is 0 Å². The highest BCUT2D eigenvalue weighted by molar-refractivity contribution is 6.02. The molecule has 15 heavy (non-hydrogen) atoms. The van der Waals surface area contributed by atoms with Gasteiger partial charge in [-0.2, -0.15) is 0 Å². The first-order valence-corrected chi connectivity index (χ1v) is 5.84. The molecule has 0 spiro atoms. The van der Waals surface area contributed by atoms with Gasteiger partial charge in [0.2, 0.25) is 11.8 Å². The first-order chi connectivity index (χ1) is 7.25. The largest absolute Gasteiger partial charge is 0.296 e. The van der Waals surface area contributed by atoms with Gasteiger partial charge in [0.1, 0.15) is 0 Å². The van der Waals surface area contributed by atoms with E-state index in [9.17, 15) is 9.59 Å². The number of nitrogens with zero attached hydrogens (tertiary/aromatic N) is 2. The maximum Gasteiger partial charge on any atom is 0.230 e. The van der Waals surface area contributed by atoms with Gasteiger partial charge >= 0.3 is 0 Å². The molecule has 2 aliphatic heterocycles. The van der Waals surface area contributed by atoms with Crippen LogP contribution in [0.1, 0.15) is 32.1 Å². The fraction of sp³-hybridized carbons (Fsp3) is 0.818. The van der Waals surface area contributed by atoms with E-state index < -0.39 is 0 Å². The van der Waals surface area contributed by atoms with Crippen molar-refractivity contribution in [2.45, 2.75) is 44.2 Å². The molecule has 0 bridgehead atoms. The second-order valence-electron chi connectivity index (χ2n) is 4.85. The predicted molar refractivity (Wildman–Crippen MR) is 54.1 cm³/mol. The number of rotatable bonds is 2. The molecule has 2 saturated heterocycles. The molecule has 0 N–H and O–H groups in total. The maximum absolute atomic E-state index is 11.5. The van der Waals surface area contributed by atoms with Crippen molar-refractivity contribution in [2.24, 2.45) is 0 Å². The van der Waals surface area contributed by atoms with E-state index in [1.165, 1.54) is 24.2 Å². The fourth-order valence-corrected chi connectivity index (χ4v) is 2.70. The van der Waals surface area contributed by atoms with Crippen LogP contribution in [0.2, 0.25) is 0 Å². The summed E-state index contributed by atoms with van der Waals surface area (Å²) in [6, 6.07) is 0.933. The van der Waals surface area contributed by atoms with Crippen LogP contribution in [0.25, 0.3) is 0 Å². The van der Waals surface area contributed by atoms with Gasteiger partial charge in [-0.15, -0.1) is 0 Å². The summed E-state index contributed by atoms with van der Waals surface area (Å²) in [5.41, 5.74) is 0. The zero-order valence-corrected chi connectivity index (χ0v) is 8.82. The highest BCUT2D eigenvalue weighted by Crippen LogP contribution is 2.31. The molecule has 3 fully saturated rings. The van der Waals surface area contributed by atoms with Gasteiger partial charge in [-0.1, -0.05) is 6.42 Å². The molecule has 4 heteroatoms. The van der Waals surface area contributed by atoms with Crippen LogP contribution in [-0.2, 0) is 9.59 Å². The number of likely N-dealkylation sites (tertiary alicyclic amines) is 2. The monoisotopic (exact) mass is 208 g/mol. The summed E-state index contributed by atoms with van der Waals surface area (Å²) >= 11 is 0. The average molecular weight is 208 g/mol. The minimum Gasteiger partial charge on any atom is -0.296 e. The molecule has 0 aromatic carbocycles. The fourth-order valence-electron chi connectivity index (χ4n) is 2.70. The van der Waals surface area contributed by atoms with Crippen LogP contribution < -0.4 is 0 Å². The summed E-state index contributed by atoms with van der Waals surface area (Å²) < 4.78 is 0. The van der Waals surface area contributed by atoms with Crippen molar-refractivity contribution in [1.29, 1.82) is 0 Å². The Labute approximate surface area is 89.2 Å². The third kappa shape index (κ3) is 1.39. The van der Waals surface area contributed by atoms with Crippen LogP contribution in [-0.4, -0.2) is 46.8 Å². The van der Waals surface area contributed by atoms with E-state index in [1.54, 1.807) is 0 Å². The molecular formula is C11H16N2O2. The first-order valence-electron chi connectivity index (χ1n) is 5.84. The molecule has 0 aromatic heterocycles. The van der Waals surface area contributed by atoms with Crippen LogP contribution in [0.5, 0.6) is 0 Å². The van der Waals surface area contributed by atoms with E-state index in [0.717, 1.165) is 19.1 Å². The third-order valence-electron chi connectivity index (χ3n) is 3.94. The van der Waals surface area contributed by atoms with Crippen LogP contribution in [0.4, 0.5) is 0 Å². The summed E-state index contributed by atoms with van der Waals surface area (Å²) in [5, 5.41) is 0. The second-order valence-corrected chi connectivity index (χ2v) is 4.85. The van der Waals surface area contributed by atoms with Crippen LogP contribution in [0, 0.1) is 0 Å². The van der Waals surface area contributed by atoms with Crippen LogP contribution in [0.3, 0.4) is 0 Å². The topological polar surface area (TPSA) is 40.6 Å². The number of carbonyl (C=O) groups excluding carboxylic acids is 2. The van der Waals surface area contributed by atoms with Gasteiger partial charge in [0, 0.05) is 32.0 Å². The summed E-state index contributed by atoms with van der Waals surface area (Å²) in [7, 11) is 0. The molecule has 2 heterocycles. The number of hydrogen-bond donors (Lipinski definition) is 0.